The molecule has 1 aliphatic rings. The van der Waals surface area contributed by atoms with E-state index in [9.17, 15) is 18.3 Å². The zero-order valence-electron chi connectivity index (χ0n) is 6.95. The van der Waals surface area contributed by atoms with E-state index in [1.54, 1.807) is 0 Å². The molecule has 1 fully saturated rings. The summed E-state index contributed by atoms with van der Waals surface area (Å²) >= 11 is 5.33. The van der Waals surface area contributed by atoms with Gasteiger partial charge in [0, 0.05) is 0 Å². The van der Waals surface area contributed by atoms with Gasteiger partial charge in [0.25, 0.3) is 0 Å². The Hall–Kier alpha value is -0.740. The van der Waals surface area contributed by atoms with Crippen LogP contribution in [0.5, 0.6) is 0 Å². The molecule has 1 aromatic carbocycles. The molecule has 1 aliphatic carbocycles. The van der Waals surface area contributed by atoms with Crippen molar-refractivity contribution in [3.05, 3.63) is 34.1 Å². The minimum Gasteiger partial charge on any atom is -0.385 e. The second kappa shape index (κ2) is 2.87. The van der Waals surface area contributed by atoms with Gasteiger partial charge in [-0.15, -0.1) is 0 Å². The lowest BCUT2D eigenvalue weighted by Gasteiger charge is -2.11. The zero-order valence-corrected chi connectivity index (χ0v) is 7.71. The lowest BCUT2D eigenvalue weighted by molar-refractivity contribution is 0.140. The first-order valence-corrected chi connectivity index (χ1v) is 4.39. The van der Waals surface area contributed by atoms with Crippen molar-refractivity contribution in [1.29, 1.82) is 0 Å². The summed E-state index contributed by atoms with van der Waals surface area (Å²) in [5.41, 5.74) is -2.22. The van der Waals surface area contributed by atoms with E-state index in [0.29, 0.717) is 6.07 Å². The third-order valence-electron chi connectivity index (χ3n) is 2.30. The highest BCUT2D eigenvalue weighted by atomic mass is 35.5. The summed E-state index contributed by atoms with van der Waals surface area (Å²) < 4.78 is 39.3. The van der Waals surface area contributed by atoms with Gasteiger partial charge >= 0.3 is 0 Å². The van der Waals surface area contributed by atoms with Gasteiger partial charge in [0.1, 0.15) is 0 Å². The van der Waals surface area contributed by atoms with Gasteiger partial charge in [0.2, 0.25) is 0 Å². The predicted octanol–water partition coefficient (Wildman–Crippen LogP) is 2.74. The Kier molecular flexibility index (Phi) is 2.01. The van der Waals surface area contributed by atoms with E-state index in [-0.39, 0.29) is 12.8 Å². The van der Waals surface area contributed by atoms with Crippen molar-refractivity contribution in [2.45, 2.75) is 18.4 Å². The van der Waals surface area contributed by atoms with E-state index < -0.39 is 33.6 Å². The Morgan fingerprint density at radius 3 is 2.29 bits per heavy atom. The van der Waals surface area contributed by atoms with Gasteiger partial charge in [-0.3, -0.25) is 0 Å². The molecule has 0 unspecified atom stereocenters. The highest BCUT2D eigenvalue weighted by Gasteiger charge is 2.47. The fourth-order valence-electron chi connectivity index (χ4n) is 1.35. The summed E-state index contributed by atoms with van der Waals surface area (Å²) in [4.78, 5) is 0. The van der Waals surface area contributed by atoms with Crippen LogP contribution in [0, 0.1) is 17.5 Å². The van der Waals surface area contributed by atoms with Gasteiger partial charge in [0.15, 0.2) is 17.5 Å². The largest absolute Gasteiger partial charge is 0.385 e. The average Bonchev–Trinajstić information content (AvgIpc) is 2.81. The first-order chi connectivity index (χ1) is 6.46. The van der Waals surface area contributed by atoms with Crippen LogP contribution >= 0.6 is 11.6 Å². The van der Waals surface area contributed by atoms with Crippen molar-refractivity contribution < 1.29 is 18.3 Å². The van der Waals surface area contributed by atoms with Crippen LogP contribution in [0.2, 0.25) is 5.02 Å². The first kappa shape index (κ1) is 9.80. The van der Waals surface area contributed by atoms with E-state index >= 15 is 0 Å². The maximum absolute atomic E-state index is 13.3. The summed E-state index contributed by atoms with van der Waals surface area (Å²) in [6, 6.07) is 0.557. The van der Waals surface area contributed by atoms with Gasteiger partial charge in [-0.2, -0.15) is 0 Å². The van der Waals surface area contributed by atoms with Crippen LogP contribution in [0.4, 0.5) is 13.2 Å². The number of rotatable bonds is 1. The highest BCUT2D eigenvalue weighted by molar-refractivity contribution is 6.30. The van der Waals surface area contributed by atoms with E-state index in [0.717, 1.165) is 0 Å². The molecule has 0 saturated heterocycles. The molecular formula is C9H6ClF3O. The minimum atomic E-state index is -1.57. The standard InChI is InChI=1S/C9H6ClF3O/c10-4-3-5(11)8(13)6(7(4)12)9(14)1-2-9/h3,14H,1-2H2. The Morgan fingerprint density at radius 1 is 1.21 bits per heavy atom. The molecule has 76 valence electrons. The Morgan fingerprint density at radius 2 is 1.79 bits per heavy atom. The number of halogens is 4. The zero-order chi connectivity index (χ0) is 10.5. The van der Waals surface area contributed by atoms with Crippen LogP contribution in [0.15, 0.2) is 6.07 Å². The summed E-state index contributed by atoms with van der Waals surface area (Å²) in [5, 5.41) is 8.99. The molecule has 0 spiro atoms. The van der Waals surface area contributed by atoms with Crippen LogP contribution < -0.4 is 0 Å². The molecule has 0 amide bonds. The van der Waals surface area contributed by atoms with Gasteiger partial charge < -0.3 is 5.11 Å². The topological polar surface area (TPSA) is 20.2 Å². The van der Waals surface area contributed by atoms with E-state index in [1.807, 2.05) is 0 Å². The minimum absolute atomic E-state index is 0.223. The molecule has 14 heavy (non-hydrogen) atoms. The SMILES string of the molecule is OC1(c2c(F)c(F)cc(Cl)c2F)CC1. The summed E-state index contributed by atoms with van der Waals surface area (Å²) in [7, 11) is 0. The van der Waals surface area contributed by atoms with Crippen molar-refractivity contribution in [3.63, 3.8) is 0 Å². The Balaban J connectivity index is 2.68. The second-order valence-electron chi connectivity index (χ2n) is 3.37. The molecular weight excluding hydrogens is 217 g/mol. The maximum Gasteiger partial charge on any atom is 0.167 e. The van der Waals surface area contributed by atoms with E-state index in [4.69, 9.17) is 11.6 Å². The van der Waals surface area contributed by atoms with Crippen LogP contribution in [-0.2, 0) is 5.60 Å². The third kappa shape index (κ3) is 1.29. The summed E-state index contributed by atoms with van der Waals surface area (Å²) in [6.07, 6.45) is 0.446. The Bertz CT molecular complexity index is 375. The van der Waals surface area contributed by atoms with Gasteiger partial charge in [-0.05, 0) is 18.9 Å². The van der Waals surface area contributed by atoms with Crippen molar-refractivity contribution in [2.75, 3.05) is 0 Å². The fourth-order valence-corrected chi connectivity index (χ4v) is 1.54. The maximum atomic E-state index is 13.3. The number of benzene rings is 1. The van der Waals surface area contributed by atoms with Crippen molar-refractivity contribution in [1.82, 2.24) is 0 Å². The molecule has 0 heterocycles. The van der Waals surface area contributed by atoms with Crippen LogP contribution in [0.25, 0.3) is 0 Å². The molecule has 1 N–H and O–H groups in total. The normalized spacial score (nSPS) is 18.4. The number of hydrogen-bond acceptors (Lipinski definition) is 1. The number of hydrogen-bond donors (Lipinski definition) is 1. The average molecular weight is 223 g/mol. The Labute approximate surface area is 83.1 Å². The molecule has 0 aliphatic heterocycles. The molecule has 0 atom stereocenters. The fraction of sp³-hybridized carbons (Fsp3) is 0.333. The van der Waals surface area contributed by atoms with Gasteiger partial charge in [0.05, 0.1) is 16.2 Å². The molecule has 1 nitrogen and oxygen atoms in total. The third-order valence-corrected chi connectivity index (χ3v) is 2.58. The van der Waals surface area contributed by atoms with Gasteiger partial charge in [-0.1, -0.05) is 11.6 Å². The smallest absolute Gasteiger partial charge is 0.167 e. The predicted molar refractivity (Wildman–Crippen MR) is 44.5 cm³/mol. The molecule has 0 radical (unpaired) electrons. The summed E-state index contributed by atoms with van der Waals surface area (Å²) in [5.74, 6) is -3.68. The molecule has 2 rings (SSSR count). The van der Waals surface area contributed by atoms with E-state index in [1.165, 1.54) is 0 Å². The molecule has 1 aromatic rings. The van der Waals surface area contributed by atoms with Crippen LogP contribution in [0.3, 0.4) is 0 Å². The molecule has 0 bridgehead atoms. The van der Waals surface area contributed by atoms with Gasteiger partial charge in [-0.25, -0.2) is 13.2 Å². The monoisotopic (exact) mass is 222 g/mol. The van der Waals surface area contributed by atoms with Crippen molar-refractivity contribution in [3.8, 4) is 0 Å². The molecule has 1 saturated carbocycles. The molecule has 0 aromatic heterocycles. The second-order valence-corrected chi connectivity index (χ2v) is 3.78. The lowest BCUT2D eigenvalue weighted by atomic mass is 10.1. The van der Waals surface area contributed by atoms with E-state index in [2.05, 4.69) is 0 Å². The van der Waals surface area contributed by atoms with Crippen LogP contribution in [-0.4, -0.2) is 5.11 Å². The van der Waals surface area contributed by atoms with Crippen molar-refractivity contribution >= 4 is 11.6 Å². The van der Waals surface area contributed by atoms with Crippen LogP contribution in [0.1, 0.15) is 18.4 Å². The van der Waals surface area contributed by atoms with Crippen molar-refractivity contribution in [2.24, 2.45) is 0 Å². The summed E-state index contributed by atoms with van der Waals surface area (Å²) in [6.45, 7) is 0. The highest BCUT2D eigenvalue weighted by Crippen LogP contribution is 2.48. The first-order valence-electron chi connectivity index (χ1n) is 4.01. The quantitative estimate of drug-likeness (QED) is 0.725. The number of aliphatic hydroxyl groups is 1. The molecule has 5 heteroatoms. The lowest BCUT2D eigenvalue weighted by Crippen LogP contribution is -2.12.